The van der Waals surface area contributed by atoms with Crippen molar-refractivity contribution in [2.24, 2.45) is 0 Å². The second-order valence-electron chi connectivity index (χ2n) is 6.80. The Morgan fingerprint density at radius 1 is 1.20 bits per heavy atom. The van der Waals surface area contributed by atoms with Gasteiger partial charge in [-0.05, 0) is 18.2 Å². The summed E-state index contributed by atoms with van der Waals surface area (Å²) >= 11 is 1.58. The lowest BCUT2D eigenvalue weighted by Crippen LogP contribution is -2.15. The first-order chi connectivity index (χ1) is 11.9. The number of fused-ring (bicyclic) bond motifs is 1. The van der Waals surface area contributed by atoms with E-state index in [1.807, 2.05) is 18.2 Å². The van der Waals surface area contributed by atoms with Crippen LogP contribution in [0.15, 0.2) is 23.6 Å². The molecule has 0 fully saturated rings. The average molecular weight is 355 g/mol. The molecular weight excluding hydrogens is 334 g/mol. The van der Waals surface area contributed by atoms with E-state index < -0.39 is 0 Å². The van der Waals surface area contributed by atoms with Gasteiger partial charge in [0, 0.05) is 16.4 Å². The molecule has 2 heterocycles. The van der Waals surface area contributed by atoms with Crippen molar-refractivity contribution < 1.29 is 9.47 Å². The van der Waals surface area contributed by atoms with Crippen molar-refractivity contribution in [1.82, 2.24) is 9.38 Å². The van der Waals surface area contributed by atoms with Crippen LogP contribution in [0, 0.1) is 11.3 Å². The topological polar surface area (TPSA) is 59.5 Å². The summed E-state index contributed by atoms with van der Waals surface area (Å²) in [6, 6.07) is 8.12. The summed E-state index contributed by atoms with van der Waals surface area (Å²) < 4.78 is 12.8. The number of imidazole rings is 1. The van der Waals surface area contributed by atoms with E-state index in [1.165, 1.54) is 0 Å². The van der Waals surface area contributed by atoms with Crippen LogP contribution in [0.25, 0.3) is 16.2 Å². The van der Waals surface area contributed by atoms with Crippen LogP contribution in [0.5, 0.6) is 11.5 Å². The second kappa shape index (κ2) is 6.41. The Bertz CT molecular complexity index is 958. The van der Waals surface area contributed by atoms with Crippen molar-refractivity contribution in [1.29, 1.82) is 5.26 Å². The summed E-state index contributed by atoms with van der Waals surface area (Å²) in [6.07, 6.45) is 0.324. The third kappa shape index (κ3) is 2.96. The van der Waals surface area contributed by atoms with Crippen LogP contribution >= 0.6 is 11.3 Å². The van der Waals surface area contributed by atoms with Crippen LogP contribution in [0.4, 0.5) is 0 Å². The van der Waals surface area contributed by atoms with Gasteiger partial charge in [-0.3, -0.25) is 4.40 Å². The first-order valence-electron chi connectivity index (χ1n) is 7.99. The van der Waals surface area contributed by atoms with Crippen LogP contribution in [0.2, 0.25) is 0 Å². The van der Waals surface area contributed by atoms with Gasteiger partial charge in [0.15, 0.2) is 16.5 Å². The van der Waals surface area contributed by atoms with Gasteiger partial charge in [0.1, 0.15) is 0 Å². The molecule has 0 bridgehead atoms. The highest BCUT2D eigenvalue weighted by molar-refractivity contribution is 7.15. The molecule has 1 aromatic carbocycles. The highest BCUT2D eigenvalue weighted by Crippen LogP contribution is 2.37. The summed E-state index contributed by atoms with van der Waals surface area (Å²) in [5.41, 5.74) is 3.82. The molecular formula is C19H21N3O2S. The Kier molecular flexibility index (Phi) is 4.44. The van der Waals surface area contributed by atoms with Crippen molar-refractivity contribution in [3.8, 4) is 28.8 Å². The lowest BCUT2D eigenvalue weighted by atomic mass is 9.90. The number of nitriles is 1. The van der Waals surface area contributed by atoms with E-state index in [0.29, 0.717) is 17.9 Å². The number of methoxy groups -OCH3 is 2. The lowest BCUT2D eigenvalue weighted by molar-refractivity contribution is 0.355. The molecule has 130 valence electrons. The SMILES string of the molecule is COc1ccc(-c2csc3nc(C(C)(C)C)c(CC#N)n23)cc1OC. The molecule has 0 radical (unpaired) electrons. The average Bonchev–Trinajstić information content (AvgIpc) is 3.14. The molecule has 0 atom stereocenters. The van der Waals surface area contributed by atoms with E-state index in [4.69, 9.17) is 14.5 Å². The van der Waals surface area contributed by atoms with Gasteiger partial charge >= 0.3 is 0 Å². The summed E-state index contributed by atoms with van der Waals surface area (Å²) in [5, 5.41) is 11.4. The van der Waals surface area contributed by atoms with E-state index in [2.05, 4.69) is 36.6 Å². The predicted octanol–water partition coefficient (Wildman–Crippen LogP) is 4.44. The monoisotopic (exact) mass is 355 g/mol. The van der Waals surface area contributed by atoms with Gasteiger partial charge in [-0.1, -0.05) is 20.8 Å². The van der Waals surface area contributed by atoms with Crippen LogP contribution in [0.1, 0.15) is 32.2 Å². The largest absolute Gasteiger partial charge is 0.493 e. The minimum absolute atomic E-state index is 0.118. The highest BCUT2D eigenvalue weighted by Gasteiger charge is 2.26. The molecule has 0 saturated carbocycles. The molecule has 3 rings (SSSR count). The number of ether oxygens (including phenoxy) is 2. The van der Waals surface area contributed by atoms with Crippen molar-refractivity contribution in [2.45, 2.75) is 32.6 Å². The van der Waals surface area contributed by atoms with Crippen molar-refractivity contribution in [2.75, 3.05) is 14.2 Å². The van der Waals surface area contributed by atoms with E-state index in [0.717, 1.165) is 27.6 Å². The molecule has 3 aromatic rings. The molecule has 0 aliphatic rings. The zero-order valence-electron chi connectivity index (χ0n) is 15.1. The Balaban J connectivity index is 2.24. The van der Waals surface area contributed by atoms with Crippen LogP contribution in [-0.4, -0.2) is 23.6 Å². The molecule has 0 N–H and O–H groups in total. The molecule has 0 unspecified atom stereocenters. The molecule has 0 aliphatic heterocycles. The number of aromatic nitrogens is 2. The van der Waals surface area contributed by atoms with Crippen LogP contribution in [0.3, 0.4) is 0 Å². The number of benzene rings is 1. The fourth-order valence-electron chi connectivity index (χ4n) is 2.95. The van der Waals surface area contributed by atoms with Gasteiger partial charge in [0.05, 0.1) is 43.8 Å². The molecule has 2 aromatic heterocycles. The number of thiazole rings is 1. The zero-order valence-corrected chi connectivity index (χ0v) is 15.9. The maximum atomic E-state index is 9.31. The third-order valence-corrected chi connectivity index (χ3v) is 4.92. The highest BCUT2D eigenvalue weighted by atomic mass is 32.1. The van der Waals surface area contributed by atoms with Gasteiger partial charge < -0.3 is 9.47 Å². The maximum Gasteiger partial charge on any atom is 0.194 e. The Labute approximate surface area is 151 Å². The number of hydrogen-bond donors (Lipinski definition) is 0. The molecule has 0 spiro atoms. The number of rotatable bonds is 4. The first kappa shape index (κ1) is 17.3. The quantitative estimate of drug-likeness (QED) is 0.694. The maximum absolute atomic E-state index is 9.31. The summed E-state index contributed by atoms with van der Waals surface area (Å²) in [5.74, 6) is 1.37. The second-order valence-corrected chi connectivity index (χ2v) is 7.64. The van der Waals surface area contributed by atoms with Crippen LogP contribution < -0.4 is 9.47 Å². The molecule has 5 nitrogen and oxygen atoms in total. The summed E-state index contributed by atoms with van der Waals surface area (Å²) in [7, 11) is 3.25. The Morgan fingerprint density at radius 2 is 1.92 bits per heavy atom. The molecule has 0 saturated heterocycles. The van der Waals surface area contributed by atoms with E-state index in [-0.39, 0.29) is 5.41 Å². The predicted molar refractivity (Wildman–Crippen MR) is 99.6 cm³/mol. The van der Waals surface area contributed by atoms with Gasteiger partial charge in [0.2, 0.25) is 0 Å². The van der Waals surface area contributed by atoms with Gasteiger partial charge in [0.25, 0.3) is 0 Å². The fraction of sp³-hybridized carbons (Fsp3) is 0.368. The van der Waals surface area contributed by atoms with Crippen molar-refractivity contribution >= 4 is 16.3 Å². The van der Waals surface area contributed by atoms with Gasteiger partial charge in [-0.15, -0.1) is 11.3 Å². The van der Waals surface area contributed by atoms with Gasteiger partial charge in [-0.2, -0.15) is 5.26 Å². The van der Waals surface area contributed by atoms with Crippen molar-refractivity contribution in [3.05, 3.63) is 35.0 Å². The van der Waals surface area contributed by atoms with Crippen LogP contribution in [-0.2, 0) is 11.8 Å². The number of hydrogen-bond acceptors (Lipinski definition) is 5. The molecule has 0 aliphatic carbocycles. The Hall–Kier alpha value is -2.52. The minimum Gasteiger partial charge on any atom is -0.493 e. The van der Waals surface area contributed by atoms with E-state index in [9.17, 15) is 5.26 Å². The van der Waals surface area contributed by atoms with E-state index in [1.54, 1.807) is 25.6 Å². The van der Waals surface area contributed by atoms with Crippen molar-refractivity contribution in [3.63, 3.8) is 0 Å². The third-order valence-electron chi connectivity index (χ3n) is 4.10. The summed E-state index contributed by atoms with van der Waals surface area (Å²) in [4.78, 5) is 5.70. The lowest BCUT2D eigenvalue weighted by Gasteiger charge is -2.17. The summed E-state index contributed by atoms with van der Waals surface area (Å²) in [6.45, 7) is 6.36. The smallest absolute Gasteiger partial charge is 0.194 e. The molecule has 6 heteroatoms. The fourth-order valence-corrected chi connectivity index (χ4v) is 3.87. The standard InChI is InChI=1S/C19H21N3O2S/c1-19(2,3)17-13(8-9-20)22-14(11-25-18(22)21-17)12-6-7-15(23-4)16(10-12)24-5/h6-7,10-11H,8H2,1-5H3. The molecule has 25 heavy (non-hydrogen) atoms. The molecule has 0 amide bonds. The normalized spacial score (nSPS) is 11.5. The number of nitrogens with zero attached hydrogens (tertiary/aromatic N) is 3. The zero-order chi connectivity index (χ0) is 18.2. The Morgan fingerprint density at radius 3 is 2.52 bits per heavy atom. The first-order valence-corrected chi connectivity index (χ1v) is 8.87. The van der Waals surface area contributed by atoms with E-state index >= 15 is 0 Å². The van der Waals surface area contributed by atoms with Gasteiger partial charge in [-0.25, -0.2) is 4.98 Å². The minimum atomic E-state index is -0.118.